The Hall–Kier alpha value is -2.76. The summed E-state index contributed by atoms with van der Waals surface area (Å²) < 4.78 is 42.9. The number of morpholine rings is 1. The molecule has 166 valence electrons. The summed E-state index contributed by atoms with van der Waals surface area (Å²) in [6, 6.07) is 6.07. The predicted octanol–water partition coefficient (Wildman–Crippen LogP) is 0.800. The van der Waals surface area contributed by atoms with Crippen molar-refractivity contribution in [1.82, 2.24) is 19.2 Å². The first-order valence-electron chi connectivity index (χ1n) is 9.97. The van der Waals surface area contributed by atoms with Crippen LogP contribution >= 0.6 is 0 Å². The van der Waals surface area contributed by atoms with Crippen LogP contribution < -0.4 is 9.47 Å². The van der Waals surface area contributed by atoms with Gasteiger partial charge in [-0.3, -0.25) is 9.78 Å². The number of likely N-dealkylation sites (tertiary alicyclic amines) is 1. The van der Waals surface area contributed by atoms with Gasteiger partial charge < -0.3 is 19.1 Å². The van der Waals surface area contributed by atoms with Crippen molar-refractivity contribution in [1.29, 1.82) is 0 Å². The maximum Gasteiger partial charge on any atom is 0.253 e. The van der Waals surface area contributed by atoms with E-state index in [9.17, 15) is 13.2 Å². The molecule has 0 bridgehead atoms. The van der Waals surface area contributed by atoms with Gasteiger partial charge in [-0.1, -0.05) is 0 Å². The van der Waals surface area contributed by atoms with E-state index >= 15 is 0 Å². The van der Waals surface area contributed by atoms with Crippen molar-refractivity contribution >= 4 is 15.9 Å². The van der Waals surface area contributed by atoms with Gasteiger partial charge in [0, 0.05) is 31.6 Å². The minimum Gasteiger partial charge on any atom is -0.480 e. The smallest absolute Gasteiger partial charge is 0.253 e. The second kappa shape index (κ2) is 9.16. The third-order valence-electron chi connectivity index (χ3n) is 5.23. The first-order valence-corrected chi connectivity index (χ1v) is 11.4. The van der Waals surface area contributed by atoms with Crippen LogP contribution in [0.3, 0.4) is 0 Å². The molecule has 0 spiro atoms. The Labute approximate surface area is 180 Å². The van der Waals surface area contributed by atoms with Gasteiger partial charge in [-0.05, 0) is 24.3 Å². The van der Waals surface area contributed by atoms with Crippen LogP contribution in [-0.2, 0) is 14.8 Å². The topological polar surface area (TPSA) is 111 Å². The van der Waals surface area contributed by atoms with Crippen molar-refractivity contribution in [2.24, 2.45) is 0 Å². The lowest BCUT2D eigenvalue weighted by molar-refractivity contribution is 0.0730. The zero-order chi connectivity index (χ0) is 21.8. The molecule has 0 aliphatic carbocycles. The lowest BCUT2D eigenvalue weighted by Crippen LogP contribution is -2.40. The van der Waals surface area contributed by atoms with Crippen molar-refractivity contribution in [3.63, 3.8) is 0 Å². The minimum absolute atomic E-state index is 0.168. The molecule has 10 nitrogen and oxygen atoms in total. The highest BCUT2D eigenvalue weighted by Crippen LogP contribution is 2.22. The van der Waals surface area contributed by atoms with Crippen LogP contribution in [0.25, 0.3) is 0 Å². The number of amides is 1. The van der Waals surface area contributed by atoms with Crippen molar-refractivity contribution in [3.05, 3.63) is 42.2 Å². The Kier molecular flexibility index (Phi) is 6.35. The van der Waals surface area contributed by atoms with Crippen molar-refractivity contribution in [3.8, 4) is 11.8 Å². The number of sulfonamides is 1. The predicted molar refractivity (Wildman–Crippen MR) is 110 cm³/mol. The molecule has 0 radical (unpaired) electrons. The van der Waals surface area contributed by atoms with Crippen LogP contribution in [-0.4, -0.2) is 86.1 Å². The van der Waals surface area contributed by atoms with Crippen LogP contribution in [0.5, 0.6) is 11.8 Å². The second-order valence-corrected chi connectivity index (χ2v) is 9.16. The summed E-state index contributed by atoms with van der Waals surface area (Å²) in [6.45, 7) is 2.37. The molecule has 2 fully saturated rings. The van der Waals surface area contributed by atoms with E-state index in [-0.39, 0.29) is 16.9 Å². The fourth-order valence-corrected chi connectivity index (χ4v) is 4.96. The van der Waals surface area contributed by atoms with Crippen LogP contribution in [0.2, 0.25) is 0 Å². The summed E-state index contributed by atoms with van der Waals surface area (Å²) in [5, 5.41) is 0. The molecule has 31 heavy (non-hydrogen) atoms. The van der Waals surface area contributed by atoms with E-state index in [2.05, 4.69) is 9.97 Å². The Bertz CT molecular complexity index is 1020. The molecule has 2 aliphatic rings. The molecule has 1 aromatic carbocycles. The third-order valence-corrected chi connectivity index (χ3v) is 7.14. The highest BCUT2D eigenvalue weighted by Gasteiger charge is 2.30. The van der Waals surface area contributed by atoms with Crippen molar-refractivity contribution in [2.45, 2.75) is 17.4 Å². The second-order valence-electron chi connectivity index (χ2n) is 7.22. The van der Waals surface area contributed by atoms with Crippen LogP contribution in [0.15, 0.2) is 41.6 Å². The van der Waals surface area contributed by atoms with Gasteiger partial charge in [0.25, 0.3) is 5.91 Å². The van der Waals surface area contributed by atoms with E-state index in [0.717, 1.165) is 0 Å². The SMILES string of the molecule is COc1cncc(OC2CCN(C(=O)c3ccc(S(=O)(=O)N4CCOCC4)cc3)C2)n1. The zero-order valence-electron chi connectivity index (χ0n) is 17.1. The van der Waals surface area contributed by atoms with Crippen molar-refractivity contribution in [2.75, 3.05) is 46.5 Å². The number of carbonyl (C=O) groups is 1. The number of rotatable bonds is 6. The molecule has 0 saturated carbocycles. The molecular formula is C20H24N4O6S. The maximum absolute atomic E-state index is 12.9. The van der Waals surface area contributed by atoms with Crippen LogP contribution in [0.1, 0.15) is 16.8 Å². The third kappa shape index (κ3) is 4.78. The lowest BCUT2D eigenvalue weighted by atomic mass is 10.2. The minimum atomic E-state index is -3.59. The molecule has 11 heteroatoms. The number of carbonyl (C=O) groups excluding carboxylic acids is 1. The first kappa shape index (κ1) is 21.5. The molecule has 1 unspecified atom stereocenters. The average Bonchev–Trinajstić information content (AvgIpc) is 3.27. The summed E-state index contributed by atoms with van der Waals surface area (Å²) in [4.78, 5) is 22.9. The van der Waals surface area contributed by atoms with Crippen LogP contribution in [0, 0.1) is 0 Å². The number of benzene rings is 1. The van der Waals surface area contributed by atoms with Gasteiger partial charge in [0.1, 0.15) is 6.10 Å². The van der Waals surface area contributed by atoms with Gasteiger partial charge in [-0.2, -0.15) is 9.29 Å². The molecular weight excluding hydrogens is 424 g/mol. The van der Waals surface area contributed by atoms with E-state index in [1.54, 1.807) is 17.0 Å². The fourth-order valence-electron chi connectivity index (χ4n) is 3.55. The van der Waals surface area contributed by atoms with E-state index in [4.69, 9.17) is 14.2 Å². The molecule has 1 amide bonds. The van der Waals surface area contributed by atoms with E-state index in [1.165, 1.54) is 35.9 Å². The van der Waals surface area contributed by atoms with Crippen LogP contribution in [0.4, 0.5) is 0 Å². The largest absolute Gasteiger partial charge is 0.480 e. The Morgan fingerprint density at radius 2 is 1.81 bits per heavy atom. The molecule has 2 aliphatic heterocycles. The number of hydrogen-bond acceptors (Lipinski definition) is 8. The standard InChI is InChI=1S/C20H24N4O6S/c1-28-18-12-21-13-19(22-18)30-16-6-7-23(14-16)20(25)15-2-4-17(5-3-15)31(26,27)24-8-10-29-11-9-24/h2-5,12-13,16H,6-11,14H2,1H3. The molecule has 1 aromatic heterocycles. The summed E-state index contributed by atoms with van der Waals surface area (Å²) in [5.74, 6) is 0.532. The van der Waals surface area contributed by atoms with E-state index in [1.807, 2.05) is 0 Å². The quantitative estimate of drug-likeness (QED) is 0.638. The lowest BCUT2D eigenvalue weighted by Gasteiger charge is -2.26. The molecule has 2 saturated heterocycles. The summed E-state index contributed by atoms with van der Waals surface area (Å²) in [5.41, 5.74) is 0.433. The molecule has 4 rings (SSSR count). The summed E-state index contributed by atoms with van der Waals surface area (Å²) >= 11 is 0. The number of ether oxygens (including phenoxy) is 3. The van der Waals surface area contributed by atoms with Gasteiger partial charge in [-0.15, -0.1) is 0 Å². The van der Waals surface area contributed by atoms with Gasteiger partial charge in [-0.25, -0.2) is 8.42 Å². The number of aromatic nitrogens is 2. The first-order chi connectivity index (χ1) is 15.0. The molecule has 2 aromatic rings. The highest BCUT2D eigenvalue weighted by atomic mass is 32.2. The highest BCUT2D eigenvalue weighted by molar-refractivity contribution is 7.89. The van der Waals surface area contributed by atoms with Crippen molar-refractivity contribution < 1.29 is 27.4 Å². The zero-order valence-corrected chi connectivity index (χ0v) is 18.0. The van der Waals surface area contributed by atoms with E-state index in [0.29, 0.717) is 63.1 Å². The van der Waals surface area contributed by atoms with Gasteiger partial charge in [0.05, 0.1) is 44.2 Å². The molecule has 3 heterocycles. The summed E-state index contributed by atoms with van der Waals surface area (Å²) in [6.07, 6.45) is 3.45. The Morgan fingerprint density at radius 1 is 1.10 bits per heavy atom. The summed E-state index contributed by atoms with van der Waals surface area (Å²) in [7, 11) is -2.09. The van der Waals surface area contributed by atoms with Gasteiger partial charge in [0.2, 0.25) is 21.8 Å². The van der Waals surface area contributed by atoms with E-state index < -0.39 is 10.0 Å². The number of nitrogens with zero attached hydrogens (tertiary/aromatic N) is 4. The number of hydrogen-bond donors (Lipinski definition) is 0. The average molecular weight is 449 g/mol. The fraction of sp³-hybridized carbons (Fsp3) is 0.450. The Morgan fingerprint density at radius 3 is 2.52 bits per heavy atom. The van der Waals surface area contributed by atoms with Gasteiger partial charge >= 0.3 is 0 Å². The Balaban J connectivity index is 1.38. The number of methoxy groups -OCH3 is 1. The molecule has 0 N–H and O–H groups in total. The van der Waals surface area contributed by atoms with Gasteiger partial charge in [0.15, 0.2) is 0 Å². The normalized spacial score (nSPS) is 19.9. The molecule has 1 atom stereocenters. The monoisotopic (exact) mass is 448 g/mol. The maximum atomic E-state index is 12.9.